The molecule has 0 aliphatic rings. The lowest BCUT2D eigenvalue weighted by molar-refractivity contribution is 0.591. The van der Waals surface area contributed by atoms with Crippen LogP contribution in [0.2, 0.25) is 0 Å². The number of hydrogen-bond donors (Lipinski definition) is 1. The van der Waals surface area contributed by atoms with E-state index in [4.69, 9.17) is 5.73 Å². The van der Waals surface area contributed by atoms with Crippen LogP contribution in [0.1, 0.15) is 31.7 Å². The minimum atomic E-state index is -3.21. The fraction of sp³-hybridized carbons (Fsp3) is 0.500. The van der Waals surface area contributed by atoms with Gasteiger partial charge in [-0.05, 0) is 25.0 Å². The highest BCUT2D eigenvalue weighted by atomic mass is 32.2. The van der Waals surface area contributed by atoms with Gasteiger partial charge in [0.2, 0.25) is 0 Å². The number of unbranched alkanes of at least 4 members (excludes halogenated alkanes) is 2. The molecule has 1 aromatic rings. The Morgan fingerprint density at radius 3 is 2.56 bits per heavy atom. The molecule has 0 aromatic heterocycles. The Morgan fingerprint density at radius 1 is 1.25 bits per heavy atom. The molecule has 0 aliphatic heterocycles. The smallest absolute Gasteiger partial charge is 0.180 e. The van der Waals surface area contributed by atoms with Gasteiger partial charge in [0.25, 0.3) is 0 Å². The van der Waals surface area contributed by atoms with Crippen molar-refractivity contribution in [2.75, 3.05) is 11.5 Å². The summed E-state index contributed by atoms with van der Waals surface area (Å²) in [7, 11) is -3.21. The highest BCUT2D eigenvalue weighted by Crippen LogP contribution is 2.23. The summed E-state index contributed by atoms with van der Waals surface area (Å²) in [5.41, 5.74) is 7.00. The average molecular weight is 241 g/mol. The Kier molecular flexibility index (Phi) is 4.35. The van der Waals surface area contributed by atoms with Crippen LogP contribution in [-0.2, 0) is 9.84 Å². The average Bonchev–Trinajstić information content (AvgIpc) is 2.22. The number of aryl methyl sites for hydroxylation is 1. The topological polar surface area (TPSA) is 60.2 Å². The molecule has 2 N–H and O–H groups in total. The zero-order chi connectivity index (χ0) is 12.2. The predicted molar refractivity (Wildman–Crippen MR) is 67.2 cm³/mol. The van der Waals surface area contributed by atoms with Gasteiger partial charge in [-0.2, -0.15) is 0 Å². The first-order valence-corrected chi connectivity index (χ1v) is 7.22. The molecule has 0 saturated heterocycles. The number of rotatable bonds is 5. The van der Waals surface area contributed by atoms with E-state index in [2.05, 4.69) is 0 Å². The lowest BCUT2D eigenvalue weighted by Gasteiger charge is -2.09. The molecule has 0 heterocycles. The maximum absolute atomic E-state index is 12.0. The maximum Gasteiger partial charge on any atom is 0.180 e. The molecule has 0 amide bonds. The normalized spacial score (nSPS) is 11.6. The van der Waals surface area contributed by atoms with Crippen LogP contribution in [0.5, 0.6) is 0 Å². The lowest BCUT2D eigenvalue weighted by Crippen LogP contribution is -2.10. The van der Waals surface area contributed by atoms with E-state index in [1.54, 1.807) is 12.1 Å². The molecule has 0 fully saturated rings. The highest BCUT2D eigenvalue weighted by molar-refractivity contribution is 7.91. The predicted octanol–water partition coefficient (Wildman–Crippen LogP) is 2.54. The first-order valence-electron chi connectivity index (χ1n) is 5.57. The van der Waals surface area contributed by atoms with Gasteiger partial charge in [-0.25, -0.2) is 8.42 Å². The quantitative estimate of drug-likeness (QED) is 0.636. The fourth-order valence-electron chi connectivity index (χ4n) is 1.58. The summed E-state index contributed by atoms with van der Waals surface area (Å²) < 4.78 is 24.0. The number of sulfone groups is 1. The second-order valence-corrected chi connectivity index (χ2v) is 6.09. The van der Waals surface area contributed by atoms with E-state index < -0.39 is 9.84 Å². The molecule has 0 bridgehead atoms. The van der Waals surface area contributed by atoms with Crippen molar-refractivity contribution < 1.29 is 8.42 Å². The number of benzene rings is 1. The van der Waals surface area contributed by atoms with Crippen molar-refractivity contribution in [2.45, 2.75) is 38.0 Å². The fourth-order valence-corrected chi connectivity index (χ4v) is 3.16. The van der Waals surface area contributed by atoms with E-state index in [0.29, 0.717) is 12.1 Å². The monoisotopic (exact) mass is 241 g/mol. The third kappa shape index (κ3) is 2.98. The van der Waals surface area contributed by atoms with Gasteiger partial charge in [0, 0.05) is 0 Å². The van der Waals surface area contributed by atoms with E-state index in [1.165, 1.54) is 0 Å². The van der Waals surface area contributed by atoms with Gasteiger partial charge < -0.3 is 5.73 Å². The Bertz CT molecular complexity index is 452. The Labute approximate surface area is 97.6 Å². The minimum absolute atomic E-state index is 0.189. The van der Waals surface area contributed by atoms with Gasteiger partial charge in [0.15, 0.2) is 9.84 Å². The molecule has 0 unspecified atom stereocenters. The standard InChI is InChI=1S/C12H19NO2S/c1-3-4-5-9-16(14,15)11-8-6-7-10(2)12(11)13/h6-8H,3-5,9,13H2,1-2H3. The summed E-state index contributed by atoms with van der Waals surface area (Å²) >= 11 is 0. The van der Waals surface area contributed by atoms with Crippen LogP contribution >= 0.6 is 0 Å². The second kappa shape index (κ2) is 5.34. The van der Waals surface area contributed by atoms with Gasteiger partial charge in [0.1, 0.15) is 0 Å². The molecule has 16 heavy (non-hydrogen) atoms. The van der Waals surface area contributed by atoms with Crippen LogP contribution in [0.25, 0.3) is 0 Å². The van der Waals surface area contributed by atoms with E-state index in [1.807, 2.05) is 19.9 Å². The van der Waals surface area contributed by atoms with E-state index in [-0.39, 0.29) is 10.6 Å². The molecule has 3 nitrogen and oxygen atoms in total. The van der Waals surface area contributed by atoms with Gasteiger partial charge in [-0.15, -0.1) is 0 Å². The third-order valence-corrected chi connectivity index (χ3v) is 4.49. The first-order chi connectivity index (χ1) is 7.49. The number of hydrogen-bond acceptors (Lipinski definition) is 3. The van der Waals surface area contributed by atoms with Crippen molar-refractivity contribution in [2.24, 2.45) is 0 Å². The number of nitrogens with two attached hydrogens (primary N) is 1. The van der Waals surface area contributed by atoms with Gasteiger partial charge in [-0.1, -0.05) is 31.9 Å². The largest absolute Gasteiger partial charge is 0.397 e. The molecular formula is C12H19NO2S. The summed E-state index contributed by atoms with van der Waals surface area (Å²) in [6, 6.07) is 5.14. The molecule has 0 saturated carbocycles. The Balaban J connectivity index is 2.94. The summed E-state index contributed by atoms with van der Waals surface area (Å²) in [6.45, 7) is 3.87. The van der Waals surface area contributed by atoms with Crippen molar-refractivity contribution in [3.05, 3.63) is 23.8 Å². The van der Waals surface area contributed by atoms with Crippen molar-refractivity contribution in [1.82, 2.24) is 0 Å². The maximum atomic E-state index is 12.0. The van der Waals surface area contributed by atoms with Crippen molar-refractivity contribution >= 4 is 15.5 Å². The van der Waals surface area contributed by atoms with Crippen LogP contribution in [0.3, 0.4) is 0 Å². The molecule has 1 rings (SSSR count). The minimum Gasteiger partial charge on any atom is -0.397 e. The molecule has 4 heteroatoms. The first kappa shape index (κ1) is 13.0. The second-order valence-electron chi connectivity index (χ2n) is 4.01. The zero-order valence-corrected chi connectivity index (χ0v) is 10.7. The van der Waals surface area contributed by atoms with E-state index >= 15 is 0 Å². The molecule has 0 atom stereocenters. The van der Waals surface area contributed by atoms with Crippen molar-refractivity contribution in [1.29, 1.82) is 0 Å². The van der Waals surface area contributed by atoms with Crippen molar-refractivity contribution in [3.8, 4) is 0 Å². The van der Waals surface area contributed by atoms with Crippen LogP contribution in [-0.4, -0.2) is 14.2 Å². The van der Waals surface area contributed by atoms with Gasteiger partial charge in [-0.3, -0.25) is 0 Å². The SMILES string of the molecule is CCCCCS(=O)(=O)c1cccc(C)c1N. The zero-order valence-electron chi connectivity index (χ0n) is 9.86. The lowest BCUT2D eigenvalue weighted by atomic mass is 10.2. The van der Waals surface area contributed by atoms with Crippen LogP contribution < -0.4 is 5.73 Å². The molecule has 90 valence electrons. The van der Waals surface area contributed by atoms with Gasteiger partial charge in [0.05, 0.1) is 16.3 Å². The molecular weight excluding hydrogens is 222 g/mol. The highest BCUT2D eigenvalue weighted by Gasteiger charge is 2.17. The van der Waals surface area contributed by atoms with Crippen molar-refractivity contribution in [3.63, 3.8) is 0 Å². The summed E-state index contributed by atoms with van der Waals surface area (Å²) in [5, 5.41) is 0. The summed E-state index contributed by atoms with van der Waals surface area (Å²) in [4.78, 5) is 0.281. The van der Waals surface area contributed by atoms with Crippen LogP contribution in [0.4, 0.5) is 5.69 Å². The number of anilines is 1. The van der Waals surface area contributed by atoms with Crippen LogP contribution in [0.15, 0.2) is 23.1 Å². The van der Waals surface area contributed by atoms with Crippen LogP contribution in [0, 0.1) is 6.92 Å². The molecule has 0 radical (unpaired) electrons. The number of para-hydroxylation sites is 1. The Morgan fingerprint density at radius 2 is 1.94 bits per heavy atom. The molecule has 0 aliphatic carbocycles. The molecule has 0 spiro atoms. The van der Waals surface area contributed by atoms with E-state index in [9.17, 15) is 8.42 Å². The van der Waals surface area contributed by atoms with E-state index in [0.717, 1.165) is 18.4 Å². The third-order valence-electron chi connectivity index (χ3n) is 2.64. The number of nitrogen functional groups attached to an aromatic ring is 1. The summed E-state index contributed by atoms with van der Waals surface area (Å²) in [5.74, 6) is 0.189. The summed E-state index contributed by atoms with van der Waals surface area (Å²) in [6.07, 6.45) is 2.65. The molecule has 1 aromatic carbocycles. The van der Waals surface area contributed by atoms with Gasteiger partial charge >= 0.3 is 0 Å². The Hall–Kier alpha value is -1.03.